The summed E-state index contributed by atoms with van der Waals surface area (Å²) in [6.07, 6.45) is -0.0748. The van der Waals surface area contributed by atoms with Crippen LogP contribution in [0.5, 0.6) is 0 Å². The van der Waals surface area contributed by atoms with E-state index in [0.29, 0.717) is 16.8 Å². The number of amides is 1. The number of ketones is 1. The van der Waals surface area contributed by atoms with Crippen molar-refractivity contribution in [2.75, 3.05) is 17.6 Å². The van der Waals surface area contributed by atoms with Crippen LogP contribution in [0.15, 0.2) is 48.5 Å². The van der Waals surface area contributed by atoms with Crippen molar-refractivity contribution in [3.05, 3.63) is 65.2 Å². The molecule has 0 spiro atoms. The lowest BCUT2D eigenvalue weighted by Crippen LogP contribution is -2.48. The summed E-state index contributed by atoms with van der Waals surface area (Å²) in [5.41, 5.74) is 1.98. The van der Waals surface area contributed by atoms with Gasteiger partial charge in [0.15, 0.2) is 5.78 Å². The molecule has 0 saturated heterocycles. The minimum absolute atomic E-state index is 0.265. The Bertz CT molecular complexity index is 1200. The molecule has 0 aliphatic carbocycles. The zero-order valence-corrected chi connectivity index (χ0v) is 18.2. The number of aliphatic hydroxyl groups is 2. The molecule has 0 heterocycles. The standard InChI is InChI=1S/C23H22N2O6S/c1-16(27)22(21(28)15-26)24-23(29)19-11-7-17(8-12-19)5-3-4-6-18-9-13-20(14-10-18)25-32(2,30)31/h7-14,16,22,25-27H,15H2,1-2H3,(H,24,29)/t16-,22+/m1/s1. The minimum Gasteiger partial charge on any atom is -0.391 e. The molecule has 9 heteroatoms. The molecule has 0 unspecified atom stereocenters. The summed E-state index contributed by atoms with van der Waals surface area (Å²) in [6.45, 7) is 0.562. The lowest BCUT2D eigenvalue weighted by atomic mass is 10.1. The predicted octanol–water partition coefficient (Wildman–Crippen LogP) is 0.502. The van der Waals surface area contributed by atoms with Gasteiger partial charge in [0.25, 0.3) is 5.91 Å². The van der Waals surface area contributed by atoms with E-state index in [4.69, 9.17) is 5.11 Å². The van der Waals surface area contributed by atoms with E-state index < -0.39 is 40.5 Å². The summed E-state index contributed by atoms with van der Waals surface area (Å²) >= 11 is 0. The summed E-state index contributed by atoms with van der Waals surface area (Å²) < 4.78 is 24.7. The Kier molecular flexibility index (Phi) is 8.56. The molecule has 2 aromatic rings. The molecular weight excluding hydrogens is 432 g/mol. The van der Waals surface area contributed by atoms with Gasteiger partial charge < -0.3 is 15.5 Å². The molecule has 0 radical (unpaired) electrons. The Morgan fingerprint density at radius 1 is 0.969 bits per heavy atom. The Balaban J connectivity index is 2.01. The van der Waals surface area contributed by atoms with Crippen molar-refractivity contribution < 1.29 is 28.2 Å². The van der Waals surface area contributed by atoms with Gasteiger partial charge in [-0.3, -0.25) is 14.3 Å². The van der Waals surface area contributed by atoms with E-state index in [1.165, 1.54) is 19.1 Å². The van der Waals surface area contributed by atoms with Crippen LogP contribution in [0, 0.1) is 23.7 Å². The Labute approximate surface area is 186 Å². The molecule has 2 rings (SSSR count). The fraction of sp³-hybridized carbons (Fsp3) is 0.217. The average Bonchev–Trinajstić information content (AvgIpc) is 2.74. The quantitative estimate of drug-likeness (QED) is 0.451. The van der Waals surface area contributed by atoms with Crippen molar-refractivity contribution in [3.63, 3.8) is 0 Å². The molecule has 32 heavy (non-hydrogen) atoms. The number of aliphatic hydroxyl groups excluding tert-OH is 2. The first-order valence-corrected chi connectivity index (χ1v) is 11.3. The summed E-state index contributed by atoms with van der Waals surface area (Å²) in [4.78, 5) is 23.9. The van der Waals surface area contributed by atoms with E-state index >= 15 is 0 Å². The molecule has 0 aliphatic heterocycles. The zero-order valence-electron chi connectivity index (χ0n) is 17.4. The molecule has 0 saturated carbocycles. The predicted molar refractivity (Wildman–Crippen MR) is 120 cm³/mol. The van der Waals surface area contributed by atoms with Crippen molar-refractivity contribution >= 4 is 27.4 Å². The first kappa shape index (κ1) is 24.6. The second-order valence-corrected chi connectivity index (χ2v) is 8.59. The summed E-state index contributed by atoms with van der Waals surface area (Å²) in [5.74, 6) is 9.82. The topological polar surface area (TPSA) is 133 Å². The third-order valence-electron chi connectivity index (χ3n) is 4.08. The lowest BCUT2D eigenvalue weighted by molar-refractivity contribution is -0.125. The first-order valence-electron chi connectivity index (χ1n) is 9.41. The second kappa shape index (κ2) is 11.1. The number of rotatable bonds is 7. The van der Waals surface area contributed by atoms with Crippen LogP contribution >= 0.6 is 0 Å². The number of benzene rings is 2. The van der Waals surface area contributed by atoms with E-state index in [-0.39, 0.29) is 5.56 Å². The number of hydrogen-bond donors (Lipinski definition) is 4. The number of anilines is 1. The summed E-state index contributed by atoms with van der Waals surface area (Å²) in [6, 6.07) is 11.6. The minimum atomic E-state index is -3.33. The largest absolute Gasteiger partial charge is 0.391 e. The monoisotopic (exact) mass is 454 g/mol. The van der Waals surface area contributed by atoms with Gasteiger partial charge in [-0.1, -0.05) is 11.8 Å². The fourth-order valence-corrected chi connectivity index (χ4v) is 3.10. The maximum absolute atomic E-state index is 12.3. The van der Waals surface area contributed by atoms with Crippen molar-refractivity contribution in [1.29, 1.82) is 0 Å². The SMILES string of the molecule is C[C@@H](O)[C@H](NC(=O)c1ccc(C#CC#Cc2ccc(NS(C)(=O)=O)cc2)cc1)C(=O)CO. The number of sulfonamides is 1. The third kappa shape index (κ3) is 7.89. The van der Waals surface area contributed by atoms with Gasteiger partial charge in [-0.2, -0.15) is 0 Å². The molecular formula is C23H22N2O6S. The van der Waals surface area contributed by atoms with Gasteiger partial charge in [0.2, 0.25) is 10.0 Å². The number of carbonyl (C=O) groups is 2. The smallest absolute Gasteiger partial charge is 0.251 e. The van der Waals surface area contributed by atoms with Crippen LogP contribution in [0.2, 0.25) is 0 Å². The molecule has 0 bridgehead atoms. The van der Waals surface area contributed by atoms with E-state index in [0.717, 1.165) is 6.26 Å². The average molecular weight is 455 g/mol. The van der Waals surface area contributed by atoms with Gasteiger partial charge in [0.05, 0.1) is 12.4 Å². The van der Waals surface area contributed by atoms with Crippen LogP contribution in [0.3, 0.4) is 0 Å². The van der Waals surface area contributed by atoms with Crippen molar-refractivity contribution in [3.8, 4) is 23.7 Å². The molecule has 2 atom stereocenters. The van der Waals surface area contributed by atoms with E-state index in [1.807, 2.05) is 0 Å². The molecule has 4 N–H and O–H groups in total. The number of hydrogen-bond acceptors (Lipinski definition) is 6. The van der Waals surface area contributed by atoms with Crippen LogP contribution in [-0.2, 0) is 14.8 Å². The van der Waals surface area contributed by atoms with Gasteiger partial charge >= 0.3 is 0 Å². The van der Waals surface area contributed by atoms with Crippen LogP contribution in [0.1, 0.15) is 28.4 Å². The molecule has 2 aromatic carbocycles. The fourth-order valence-electron chi connectivity index (χ4n) is 2.54. The van der Waals surface area contributed by atoms with Crippen LogP contribution in [-0.4, -0.2) is 55.3 Å². The van der Waals surface area contributed by atoms with E-state index in [2.05, 4.69) is 33.7 Å². The highest BCUT2D eigenvalue weighted by Gasteiger charge is 2.25. The third-order valence-corrected chi connectivity index (χ3v) is 4.69. The Morgan fingerprint density at radius 3 is 1.91 bits per heavy atom. The molecule has 1 amide bonds. The number of Topliss-reactive ketones (excluding diaryl/α,β-unsaturated/α-hetero) is 1. The van der Waals surface area contributed by atoms with Gasteiger partial charge in [-0.15, -0.1) is 0 Å². The molecule has 0 aromatic heterocycles. The Hall–Kier alpha value is -3.63. The maximum Gasteiger partial charge on any atom is 0.251 e. The van der Waals surface area contributed by atoms with Crippen LogP contribution in [0.25, 0.3) is 0 Å². The zero-order chi connectivity index (χ0) is 23.7. The van der Waals surface area contributed by atoms with Gasteiger partial charge in [-0.05, 0) is 67.3 Å². The molecule has 0 aliphatic rings. The highest BCUT2D eigenvalue weighted by atomic mass is 32.2. The number of nitrogens with one attached hydrogen (secondary N) is 2. The summed E-state index contributed by atoms with van der Waals surface area (Å²) in [7, 11) is -3.33. The van der Waals surface area contributed by atoms with Crippen LogP contribution < -0.4 is 10.0 Å². The normalized spacial score (nSPS) is 12.2. The first-order chi connectivity index (χ1) is 15.1. The van der Waals surface area contributed by atoms with Crippen LogP contribution in [0.4, 0.5) is 5.69 Å². The van der Waals surface area contributed by atoms with Gasteiger partial charge in [0, 0.05) is 22.4 Å². The Morgan fingerprint density at radius 2 is 1.47 bits per heavy atom. The number of carbonyl (C=O) groups excluding carboxylic acids is 2. The summed E-state index contributed by atoms with van der Waals surface area (Å²) in [5, 5.41) is 20.9. The van der Waals surface area contributed by atoms with Crippen molar-refractivity contribution in [1.82, 2.24) is 5.32 Å². The molecule has 166 valence electrons. The molecule has 0 fully saturated rings. The highest BCUT2D eigenvalue weighted by molar-refractivity contribution is 7.92. The van der Waals surface area contributed by atoms with E-state index in [9.17, 15) is 23.1 Å². The van der Waals surface area contributed by atoms with Crippen molar-refractivity contribution in [2.24, 2.45) is 0 Å². The van der Waals surface area contributed by atoms with Gasteiger partial charge in [0.1, 0.15) is 12.6 Å². The maximum atomic E-state index is 12.3. The van der Waals surface area contributed by atoms with Gasteiger partial charge in [-0.25, -0.2) is 8.42 Å². The second-order valence-electron chi connectivity index (χ2n) is 6.85. The van der Waals surface area contributed by atoms with Crippen molar-refractivity contribution in [2.45, 2.75) is 19.1 Å². The lowest BCUT2D eigenvalue weighted by Gasteiger charge is -2.19. The molecule has 8 nitrogen and oxygen atoms in total. The van der Waals surface area contributed by atoms with E-state index in [1.54, 1.807) is 36.4 Å². The highest BCUT2D eigenvalue weighted by Crippen LogP contribution is 2.10.